The van der Waals surface area contributed by atoms with E-state index < -0.39 is 0 Å². The number of hydrogen-bond donors (Lipinski definition) is 2. The number of likely N-dealkylation sites (N-methyl/N-ethyl adjacent to an activating group) is 1. The zero-order valence-corrected chi connectivity index (χ0v) is 13.4. The van der Waals surface area contributed by atoms with Crippen LogP contribution in [-0.2, 0) is 6.61 Å². The molecule has 23 heavy (non-hydrogen) atoms. The minimum atomic E-state index is 0.184. The first-order valence-electron chi connectivity index (χ1n) is 7.63. The number of nitrogens with one attached hydrogen (secondary N) is 1. The number of aryl methyl sites for hydroxylation is 1. The number of fused-ring (bicyclic) bond motifs is 1. The summed E-state index contributed by atoms with van der Waals surface area (Å²) in [6.45, 7) is 7.05. The molecule has 0 radical (unpaired) electrons. The lowest BCUT2D eigenvalue weighted by Crippen LogP contribution is -2.14. The molecule has 0 saturated carbocycles. The standard InChI is InChI=1S/C19H21NO3/c1-12-8-15(21)5-4-14(12)10-22-16-6-7-17-18(13(2)20-3)11-23-19(17)9-16/h4-9,18,20-21H,2,10-11H2,1,3H3. The highest BCUT2D eigenvalue weighted by Crippen LogP contribution is 2.39. The molecule has 1 unspecified atom stereocenters. The van der Waals surface area contributed by atoms with Crippen LogP contribution in [0.1, 0.15) is 22.6 Å². The van der Waals surface area contributed by atoms with Crippen molar-refractivity contribution in [2.45, 2.75) is 19.4 Å². The van der Waals surface area contributed by atoms with Crippen molar-refractivity contribution < 1.29 is 14.6 Å². The maximum Gasteiger partial charge on any atom is 0.127 e. The molecular weight excluding hydrogens is 290 g/mol. The predicted octanol–water partition coefficient (Wildman–Crippen LogP) is 3.49. The van der Waals surface area contributed by atoms with Gasteiger partial charge in [-0.2, -0.15) is 0 Å². The second-order valence-corrected chi connectivity index (χ2v) is 5.74. The molecule has 4 heteroatoms. The quantitative estimate of drug-likeness (QED) is 0.887. The van der Waals surface area contributed by atoms with Crippen LogP contribution in [0.25, 0.3) is 0 Å². The van der Waals surface area contributed by atoms with Crippen molar-refractivity contribution in [3.05, 3.63) is 65.4 Å². The Balaban J connectivity index is 1.72. The molecule has 0 saturated heterocycles. The van der Waals surface area contributed by atoms with Gasteiger partial charge in [0.05, 0.1) is 5.92 Å². The second-order valence-electron chi connectivity index (χ2n) is 5.74. The van der Waals surface area contributed by atoms with Gasteiger partial charge in [-0.15, -0.1) is 0 Å². The van der Waals surface area contributed by atoms with E-state index in [1.54, 1.807) is 12.1 Å². The van der Waals surface area contributed by atoms with E-state index in [0.717, 1.165) is 33.9 Å². The van der Waals surface area contributed by atoms with Gasteiger partial charge in [0.1, 0.15) is 30.5 Å². The Kier molecular flexibility index (Phi) is 4.15. The third kappa shape index (κ3) is 3.11. The molecule has 0 spiro atoms. The van der Waals surface area contributed by atoms with E-state index in [0.29, 0.717) is 13.2 Å². The van der Waals surface area contributed by atoms with Crippen molar-refractivity contribution in [2.75, 3.05) is 13.7 Å². The summed E-state index contributed by atoms with van der Waals surface area (Å²) in [6, 6.07) is 11.2. The lowest BCUT2D eigenvalue weighted by atomic mass is 9.98. The van der Waals surface area contributed by atoms with E-state index in [9.17, 15) is 5.11 Å². The van der Waals surface area contributed by atoms with Crippen LogP contribution in [0.2, 0.25) is 0 Å². The summed E-state index contributed by atoms with van der Waals surface area (Å²) in [7, 11) is 1.87. The molecule has 3 rings (SSSR count). The Morgan fingerprint density at radius 1 is 1.35 bits per heavy atom. The van der Waals surface area contributed by atoms with Crippen molar-refractivity contribution in [1.29, 1.82) is 0 Å². The van der Waals surface area contributed by atoms with Gasteiger partial charge in [-0.1, -0.05) is 18.7 Å². The normalized spacial score (nSPS) is 15.7. The predicted molar refractivity (Wildman–Crippen MR) is 90.1 cm³/mol. The summed E-state index contributed by atoms with van der Waals surface area (Å²) >= 11 is 0. The molecule has 1 aliphatic rings. The second kappa shape index (κ2) is 6.24. The summed E-state index contributed by atoms with van der Waals surface area (Å²) in [4.78, 5) is 0. The minimum Gasteiger partial charge on any atom is -0.508 e. The van der Waals surface area contributed by atoms with Crippen molar-refractivity contribution in [2.24, 2.45) is 0 Å². The topological polar surface area (TPSA) is 50.7 Å². The fourth-order valence-electron chi connectivity index (χ4n) is 2.75. The number of phenols is 1. The highest BCUT2D eigenvalue weighted by molar-refractivity contribution is 5.48. The van der Waals surface area contributed by atoms with Crippen LogP contribution in [-0.4, -0.2) is 18.8 Å². The van der Waals surface area contributed by atoms with Gasteiger partial charge in [0.25, 0.3) is 0 Å². The monoisotopic (exact) mass is 311 g/mol. The fourth-order valence-corrected chi connectivity index (χ4v) is 2.75. The molecule has 120 valence electrons. The first kappa shape index (κ1) is 15.3. The molecule has 2 N–H and O–H groups in total. The number of ether oxygens (including phenoxy) is 2. The van der Waals surface area contributed by atoms with Crippen LogP contribution in [0.4, 0.5) is 0 Å². The summed E-state index contributed by atoms with van der Waals surface area (Å²) in [5, 5.41) is 12.5. The van der Waals surface area contributed by atoms with Crippen LogP contribution in [0.15, 0.2) is 48.7 Å². The number of benzene rings is 2. The Morgan fingerprint density at radius 3 is 2.91 bits per heavy atom. The average Bonchev–Trinajstić information content (AvgIpc) is 2.96. The Labute approximate surface area is 136 Å². The smallest absolute Gasteiger partial charge is 0.127 e. The maximum absolute atomic E-state index is 9.45. The molecule has 0 bridgehead atoms. The molecule has 1 atom stereocenters. The summed E-state index contributed by atoms with van der Waals surface area (Å²) in [6.07, 6.45) is 0. The third-order valence-electron chi connectivity index (χ3n) is 4.23. The molecule has 0 aliphatic carbocycles. The van der Waals surface area contributed by atoms with Crippen LogP contribution < -0.4 is 14.8 Å². The first-order chi connectivity index (χ1) is 11.1. The molecular formula is C19H21NO3. The van der Waals surface area contributed by atoms with Crippen molar-refractivity contribution in [3.63, 3.8) is 0 Å². The van der Waals surface area contributed by atoms with Gasteiger partial charge in [-0.05, 0) is 36.2 Å². The van der Waals surface area contributed by atoms with Crippen molar-refractivity contribution in [1.82, 2.24) is 5.32 Å². The van der Waals surface area contributed by atoms with E-state index in [4.69, 9.17) is 9.47 Å². The number of hydrogen-bond acceptors (Lipinski definition) is 4. The van der Waals surface area contributed by atoms with Crippen molar-refractivity contribution in [3.8, 4) is 17.2 Å². The van der Waals surface area contributed by atoms with Gasteiger partial charge < -0.3 is 19.9 Å². The number of aromatic hydroxyl groups is 1. The molecule has 0 aromatic heterocycles. The molecule has 0 fully saturated rings. The van der Waals surface area contributed by atoms with Crippen molar-refractivity contribution >= 4 is 0 Å². The Hall–Kier alpha value is -2.62. The van der Waals surface area contributed by atoms with E-state index in [1.165, 1.54) is 0 Å². The largest absolute Gasteiger partial charge is 0.508 e. The van der Waals surface area contributed by atoms with Gasteiger partial charge in [0.2, 0.25) is 0 Å². The molecule has 2 aromatic carbocycles. The SMILES string of the molecule is C=C(NC)C1COc2cc(OCc3ccc(O)cc3C)ccc21. The Bertz CT molecular complexity index is 739. The highest BCUT2D eigenvalue weighted by atomic mass is 16.5. The van der Waals surface area contributed by atoms with Crippen LogP contribution >= 0.6 is 0 Å². The van der Waals surface area contributed by atoms with E-state index >= 15 is 0 Å². The summed E-state index contributed by atoms with van der Waals surface area (Å²) < 4.78 is 11.6. The number of phenolic OH excluding ortho intramolecular Hbond substituents is 1. The molecule has 4 nitrogen and oxygen atoms in total. The Morgan fingerprint density at radius 2 is 2.17 bits per heavy atom. The van der Waals surface area contributed by atoms with Gasteiger partial charge in [-0.3, -0.25) is 0 Å². The molecule has 2 aromatic rings. The molecule has 1 aliphatic heterocycles. The zero-order valence-electron chi connectivity index (χ0n) is 13.4. The van der Waals surface area contributed by atoms with Gasteiger partial charge in [-0.25, -0.2) is 0 Å². The zero-order chi connectivity index (χ0) is 16.4. The van der Waals surface area contributed by atoms with Crippen LogP contribution in [0.5, 0.6) is 17.2 Å². The third-order valence-corrected chi connectivity index (χ3v) is 4.23. The molecule has 0 amide bonds. The maximum atomic E-state index is 9.45. The summed E-state index contributed by atoms with van der Waals surface area (Å²) in [5.74, 6) is 2.08. The van der Waals surface area contributed by atoms with Gasteiger partial charge >= 0.3 is 0 Å². The van der Waals surface area contributed by atoms with Crippen LogP contribution in [0.3, 0.4) is 0 Å². The minimum absolute atomic E-state index is 0.184. The lowest BCUT2D eigenvalue weighted by molar-refractivity contribution is 0.300. The van der Waals surface area contributed by atoms with E-state index in [-0.39, 0.29) is 11.7 Å². The van der Waals surface area contributed by atoms with Gasteiger partial charge in [0.15, 0.2) is 0 Å². The molecule has 1 heterocycles. The van der Waals surface area contributed by atoms with Gasteiger partial charge in [0, 0.05) is 24.4 Å². The van der Waals surface area contributed by atoms with E-state index in [1.807, 2.05) is 38.2 Å². The first-order valence-corrected chi connectivity index (χ1v) is 7.63. The number of rotatable bonds is 5. The fraction of sp³-hybridized carbons (Fsp3) is 0.263. The lowest BCUT2D eigenvalue weighted by Gasteiger charge is -2.12. The highest BCUT2D eigenvalue weighted by Gasteiger charge is 2.26. The van der Waals surface area contributed by atoms with E-state index in [2.05, 4.69) is 11.9 Å². The average molecular weight is 311 g/mol. The van der Waals surface area contributed by atoms with Crippen LogP contribution in [0, 0.1) is 6.92 Å². The summed E-state index contributed by atoms with van der Waals surface area (Å²) in [5.41, 5.74) is 4.15.